The molecule has 1 aromatic carbocycles. The molecule has 2 rings (SSSR count). The first-order valence-electron chi connectivity index (χ1n) is 6.97. The van der Waals surface area contributed by atoms with Crippen LogP contribution in [0.1, 0.15) is 19.4 Å². The van der Waals surface area contributed by atoms with Gasteiger partial charge in [-0.1, -0.05) is 0 Å². The van der Waals surface area contributed by atoms with E-state index in [2.05, 4.69) is 5.32 Å². The van der Waals surface area contributed by atoms with Crippen molar-refractivity contribution < 1.29 is 9.53 Å². The number of carbonyl (C=O) groups excluding carboxylic acids is 1. The number of anilines is 1. The van der Waals surface area contributed by atoms with Gasteiger partial charge in [0.15, 0.2) is 0 Å². The highest BCUT2D eigenvalue weighted by molar-refractivity contribution is 7.99. The van der Waals surface area contributed by atoms with Crippen molar-refractivity contribution in [2.24, 2.45) is 0 Å². The maximum absolute atomic E-state index is 12.1. The number of nitrogens with one attached hydrogen (secondary N) is 1. The Bertz CT molecular complexity index is 471. The lowest BCUT2D eigenvalue weighted by atomic mass is 10.2. The number of benzene rings is 1. The van der Waals surface area contributed by atoms with E-state index in [1.54, 1.807) is 0 Å². The van der Waals surface area contributed by atoms with Crippen molar-refractivity contribution in [3.63, 3.8) is 0 Å². The molecular weight excluding hydrogens is 272 g/mol. The normalized spacial score (nSPS) is 15.3. The van der Waals surface area contributed by atoms with Crippen molar-refractivity contribution in [1.82, 2.24) is 4.90 Å². The number of urea groups is 1. The minimum Gasteiger partial charge on any atom is -0.491 e. The van der Waals surface area contributed by atoms with E-state index in [0.717, 1.165) is 41.6 Å². The van der Waals surface area contributed by atoms with E-state index < -0.39 is 0 Å². The van der Waals surface area contributed by atoms with Gasteiger partial charge in [0, 0.05) is 30.3 Å². The van der Waals surface area contributed by atoms with Crippen LogP contribution < -0.4 is 10.1 Å². The number of hydrogen-bond acceptors (Lipinski definition) is 3. The number of rotatable bonds is 3. The summed E-state index contributed by atoms with van der Waals surface area (Å²) in [7, 11) is 0. The Morgan fingerprint density at radius 1 is 1.35 bits per heavy atom. The number of aryl methyl sites for hydroxylation is 1. The Morgan fingerprint density at radius 2 is 2.05 bits per heavy atom. The lowest BCUT2D eigenvalue weighted by Gasteiger charge is -2.26. The summed E-state index contributed by atoms with van der Waals surface area (Å²) in [4.78, 5) is 14.0. The molecule has 4 nitrogen and oxygen atoms in total. The topological polar surface area (TPSA) is 41.6 Å². The number of nitrogens with zero attached hydrogens (tertiary/aromatic N) is 1. The van der Waals surface area contributed by atoms with Gasteiger partial charge < -0.3 is 15.0 Å². The van der Waals surface area contributed by atoms with Crippen LogP contribution in [0.15, 0.2) is 18.2 Å². The number of hydrogen-bond donors (Lipinski definition) is 1. The van der Waals surface area contributed by atoms with Gasteiger partial charge in [-0.05, 0) is 44.5 Å². The Balaban J connectivity index is 1.99. The highest BCUT2D eigenvalue weighted by Gasteiger charge is 2.16. The van der Waals surface area contributed by atoms with Crippen LogP contribution in [0.25, 0.3) is 0 Å². The van der Waals surface area contributed by atoms with Gasteiger partial charge in [0.2, 0.25) is 0 Å². The van der Waals surface area contributed by atoms with Crippen LogP contribution >= 0.6 is 11.8 Å². The van der Waals surface area contributed by atoms with Crippen LogP contribution in [-0.4, -0.2) is 41.6 Å². The number of amides is 2. The van der Waals surface area contributed by atoms with Gasteiger partial charge in [0.05, 0.1) is 6.10 Å². The molecule has 1 aromatic rings. The van der Waals surface area contributed by atoms with Crippen LogP contribution in [-0.2, 0) is 0 Å². The lowest BCUT2D eigenvalue weighted by molar-refractivity contribution is 0.217. The first kappa shape index (κ1) is 15.0. The maximum Gasteiger partial charge on any atom is 0.321 e. The highest BCUT2D eigenvalue weighted by Crippen LogP contribution is 2.23. The highest BCUT2D eigenvalue weighted by atomic mass is 32.2. The molecule has 5 heteroatoms. The van der Waals surface area contributed by atoms with E-state index in [0.29, 0.717) is 0 Å². The van der Waals surface area contributed by atoms with Crippen molar-refractivity contribution in [3.05, 3.63) is 23.8 Å². The van der Waals surface area contributed by atoms with E-state index in [-0.39, 0.29) is 12.1 Å². The molecule has 0 aliphatic carbocycles. The molecule has 0 bridgehead atoms. The fourth-order valence-corrected chi connectivity index (χ4v) is 2.99. The zero-order valence-electron chi connectivity index (χ0n) is 12.3. The molecule has 1 aliphatic heterocycles. The smallest absolute Gasteiger partial charge is 0.321 e. The van der Waals surface area contributed by atoms with Crippen LogP contribution in [0.3, 0.4) is 0 Å². The van der Waals surface area contributed by atoms with E-state index in [1.165, 1.54) is 0 Å². The van der Waals surface area contributed by atoms with Gasteiger partial charge in [-0.3, -0.25) is 0 Å². The van der Waals surface area contributed by atoms with Gasteiger partial charge in [-0.25, -0.2) is 4.79 Å². The minimum atomic E-state index is -0.0118. The van der Waals surface area contributed by atoms with Gasteiger partial charge >= 0.3 is 6.03 Å². The molecule has 20 heavy (non-hydrogen) atoms. The van der Waals surface area contributed by atoms with Crippen molar-refractivity contribution >= 4 is 23.5 Å². The van der Waals surface area contributed by atoms with Gasteiger partial charge in [-0.2, -0.15) is 11.8 Å². The molecule has 1 fully saturated rings. The quantitative estimate of drug-likeness (QED) is 0.929. The monoisotopic (exact) mass is 294 g/mol. The largest absolute Gasteiger partial charge is 0.491 e. The van der Waals surface area contributed by atoms with Gasteiger partial charge in [-0.15, -0.1) is 0 Å². The molecule has 1 saturated heterocycles. The van der Waals surface area contributed by atoms with Crippen LogP contribution in [0.5, 0.6) is 5.75 Å². The fraction of sp³-hybridized carbons (Fsp3) is 0.533. The van der Waals surface area contributed by atoms with Crippen molar-refractivity contribution in [2.75, 3.05) is 29.9 Å². The summed E-state index contributed by atoms with van der Waals surface area (Å²) in [6.45, 7) is 7.64. The molecule has 0 unspecified atom stereocenters. The van der Waals surface area contributed by atoms with E-state index in [1.807, 2.05) is 55.6 Å². The van der Waals surface area contributed by atoms with Crippen molar-refractivity contribution in [1.29, 1.82) is 0 Å². The minimum absolute atomic E-state index is 0.0118. The zero-order valence-corrected chi connectivity index (χ0v) is 13.1. The standard InChI is InChI=1S/C15H22N2O2S/c1-11(2)19-14-5-4-13(10-12(14)3)16-15(18)17-6-8-20-9-7-17/h4-5,10-11H,6-9H2,1-3H3,(H,16,18). The zero-order chi connectivity index (χ0) is 14.5. The first-order valence-corrected chi connectivity index (χ1v) is 8.12. The number of thioether (sulfide) groups is 1. The Hall–Kier alpha value is -1.36. The first-order chi connectivity index (χ1) is 9.56. The van der Waals surface area contributed by atoms with Gasteiger partial charge in [0.1, 0.15) is 5.75 Å². The third kappa shape index (κ3) is 4.07. The van der Waals surface area contributed by atoms with E-state index in [4.69, 9.17) is 4.74 Å². The molecule has 1 N–H and O–H groups in total. The Labute approximate surface area is 124 Å². The molecule has 2 amide bonds. The van der Waals surface area contributed by atoms with Gasteiger partial charge in [0.25, 0.3) is 0 Å². The lowest BCUT2D eigenvalue weighted by Crippen LogP contribution is -2.40. The van der Waals surface area contributed by atoms with E-state index in [9.17, 15) is 4.79 Å². The molecule has 0 spiro atoms. The second kappa shape index (κ2) is 6.88. The number of carbonyl (C=O) groups is 1. The summed E-state index contributed by atoms with van der Waals surface area (Å²) in [6.07, 6.45) is 0.153. The fourth-order valence-electron chi connectivity index (χ4n) is 2.08. The van der Waals surface area contributed by atoms with E-state index >= 15 is 0 Å². The Morgan fingerprint density at radius 3 is 2.65 bits per heavy atom. The molecule has 0 atom stereocenters. The number of ether oxygens (including phenoxy) is 1. The second-order valence-corrected chi connectivity index (χ2v) is 6.40. The van der Waals surface area contributed by atoms with Crippen LogP contribution in [0.2, 0.25) is 0 Å². The average molecular weight is 294 g/mol. The summed E-state index contributed by atoms with van der Waals surface area (Å²) in [5.74, 6) is 2.91. The summed E-state index contributed by atoms with van der Waals surface area (Å²) in [5, 5.41) is 2.96. The summed E-state index contributed by atoms with van der Waals surface area (Å²) in [5.41, 5.74) is 1.85. The van der Waals surface area contributed by atoms with Crippen molar-refractivity contribution in [3.8, 4) is 5.75 Å². The summed E-state index contributed by atoms with van der Waals surface area (Å²) < 4.78 is 5.70. The molecule has 110 valence electrons. The maximum atomic E-state index is 12.1. The third-order valence-electron chi connectivity index (χ3n) is 3.09. The average Bonchev–Trinajstić information content (AvgIpc) is 2.42. The summed E-state index contributed by atoms with van der Waals surface area (Å²) >= 11 is 1.89. The Kier molecular flexibility index (Phi) is 5.17. The molecule has 0 saturated carbocycles. The molecule has 1 aliphatic rings. The molecule has 0 radical (unpaired) electrons. The molecule has 1 heterocycles. The SMILES string of the molecule is Cc1cc(NC(=O)N2CCSCC2)ccc1OC(C)C. The van der Waals surface area contributed by atoms with Crippen LogP contribution in [0.4, 0.5) is 10.5 Å². The molecule has 0 aromatic heterocycles. The second-order valence-electron chi connectivity index (χ2n) is 5.18. The predicted molar refractivity (Wildman–Crippen MR) is 84.9 cm³/mol. The predicted octanol–water partition coefficient (Wildman–Crippen LogP) is 3.36. The van der Waals surface area contributed by atoms with Crippen LogP contribution in [0, 0.1) is 6.92 Å². The third-order valence-corrected chi connectivity index (χ3v) is 4.03. The van der Waals surface area contributed by atoms with Crippen molar-refractivity contribution in [2.45, 2.75) is 26.9 Å². The summed E-state index contributed by atoms with van der Waals surface area (Å²) in [6, 6.07) is 5.74. The molecular formula is C15H22N2O2S.